The van der Waals surface area contributed by atoms with Crippen LogP contribution in [0.2, 0.25) is 0 Å². The molecule has 0 aromatic heterocycles. The Kier molecular flexibility index (Phi) is 11.9. The van der Waals surface area contributed by atoms with Gasteiger partial charge in [-0.05, 0) is 55.4 Å². The first-order valence-corrected chi connectivity index (χ1v) is 13.4. The number of amides is 1. The van der Waals surface area contributed by atoms with Crippen molar-refractivity contribution >= 4 is 41.1 Å². The van der Waals surface area contributed by atoms with E-state index >= 15 is 0 Å². The van der Waals surface area contributed by atoms with Crippen LogP contribution in [0.1, 0.15) is 40.1 Å². The molecule has 3 aromatic rings. The minimum Gasteiger partial charge on any atom is -0.459 e. The minimum absolute atomic E-state index is 0.0950. The van der Waals surface area contributed by atoms with E-state index in [-0.39, 0.29) is 17.7 Å². The van der Waals surface area contributed by atoms with Gasteiger partial charge in [-0.1, -0.05) is 66.7 Å². The lowest BCUT2D eigenvalue weighted by molar-refractivity contribution is -0.148. The van der Waals surface area contributed by atoms with Crippen molar-refractivity contribution in [3.8, 4) is 0 Å². The SMILES string of the molecule is CC(C)(SC(=O)OCOC(=O)c1ccccc1)[C@@H](NC(=O)OCOC(=O)c1ccccc1)C(=O)OCc1ccccc1. The minimum atomic E-state index is -1.41. The number of hydrogen-bond acceptors (Lipinski definition) is 11. The quantitative estimate of drug-likeness (QED) is 0.170. The molecule has 1 atom stereocenters. The zero-order chi connectivity index (χ0) is 30.4. The van der Waals surface area contributed by atoms with Gasteiger partial charge in [-0.3, -0.25) is 0 Å². The van der Waals surface area contributed by atoms with Crippen LogP contribution in [0.4, 0.5) is 9.59 Å². The Hall–Kier alpha value is -4.84. The number of ether oxygens (including phenoxy) is 5. The number of benzene rings is 3. The van der Waals surface area contributed by atoms with Crippen molar-refractivity contribution in [1.82, 2.24) is 5.32 Å². The lowest BCUT2D eigenvalue weighted by Gasteiger charge is -2.31. The lowest BCUT2D eigenvalue weighted by Crippen LogP contribution is -2.53. The molecule has 0 bridgehead atoms. The Morgan fingerprint density at radius 1 is 0.667 bits per heavy atom. The summed E-state index contributed by atoms with van der Waals surface area (Å²) in [6.07, 6.45) is -1.10. The highest BCUT2D eigenvalue weighted by Crippen LogP contribution is 2.31. The maximum absolute atomic E-state index is 13.1. The first-order chi connectivity index (χ1) is 20.2. The number of carbonyl (C=O) groups is 5. The molecule has 0 heterocycles. The normalized spacial score (nSPS) is 11.4. The van der Waals surface area contributed by atoms with Crippen molar-refractivity contribution in [2.75, 3.05) is 13.6 Å². The van der Waals surface area contributed by atoms with Crippen LogP contribution in [0.15, 0.2) is 91.0 Å². The zero-order valence-corrected chi connectivity index (χ0v) is 23.7. The fourth-order valence-corrected chi connectivity index (χ4v) is 4.18. The van der Waals surface area contributed by atoms with Crippen LogP contribution in [-0.4, -0.2) is 53.7 Å². The Morgan fingerprint density at radius 2 is 1.14 bits per heavy atom. The van der Waals surface area contributed by atoms with Crippen LogP contribution in [0, 0.1) is 0 Å². The third-order valence-electron chi connectivity index (χ3n) is 5.53. The summed E-state index contributed by atoms with van der Waals surface area (Å²) < 4.78 is 23.9. The average molecular weight is 596 g/mol. The molecule has 0 aliphatic rings. The van der Waals surface area contributed by atoms with E-state index in [1.807, 2.05) is 0 Å². The summed E-state index contributed by atoms with van der Waals surface area (Å²) in [7, 11) is 0. The fourth-order valence-electron chi connectivity index (χ4n) is 3.37. The molecule has 1 N–H and O–H groups in total. The number of carbonyl (C=O) groups excluding carboxylic acids is 5. The highest BCUT2D eigenvalue weighted by molar-refractivity contribution is 8.14. The molecule has 0 radical (unpaired) electrons. The fraction of sp³-hybridized carbons (Fsp3) is 0.233. The number of esters is 3. The van der Waals surface area contributed by atoms with Crippen molar-refractivity contribution in [2.24, 2.45) is 0 Å². The summed E-state index contributed by atoms with van der Waals surface area (Å²) >= 11 is 0.567. The first-order valence-electron chi connectivity index (χ1n) is 12.6. The van der Waals surface area contributed by atoms with Crippen molar-refractivity contribution in [3.05, 3.63) is 108 Å². The summed E-state index contributed by atoms with van der Waals surface area (Å²) in [6.45, 7) is 1.51. The number of nitrogens with one attached hydrogen (secondary N) is 1. The second-order valence-corrected chi connectivity index (χ2v) is 10.6. The van der Waals surface area contributed by atoms with Crippen LogP contribution in [0.25, 0.3) is 0 Å². The molecule has 0 saturated carbocycles. The van der Waals surface area contributed by atoms with Crippen LogP contribution in [0.5, 0.6) is 0 Å². The largest absolute Gasteiger partial charge is 0.459 e. The van der Waals surface area contributed by atoms with Crippen LogP contribution in [-0.2, 0) is 35.1 Å². The van der Waals surface area contributed by atoms with Gasteiger partial charge in [0.2, 0.25) is 13.6 Å². The number of thioether (sulfide) groups is 1. The van der Waals surface area contributed by atoms with Gasteiger partial charge in [-0.25, -0.2) is 24.0 Å². The van der Waals surface area contributed by atoms with Gasteiger partial charge in [0.1, 0.15) is 12.6 Å². The van der Waals surface area contributed by atoms with Gasteiger partial charge in [-0.15, -0.1) is 0 Å². The Morgan fingerprint density at radius 3 is 1.67 bits per heavy atom. The maximum atomic E-state index is 13.1. The third kappa shape index (κ3) is 10.3. The standard InChI is InChI=1S/C30H29NO10S/c1-30(2,42-29(36)41-20-39-26(33)23-16-10-5-11-17-23)24(27(34)37-18-21-12-6-3-7-13-21)31-28(35)40-19-38-25(32)22-14-8-4-9-15-22/h3-17,24H,18-20H2,1-2H3,(H,31,35)/t24-/m0/s1. The van der Waals surface area contributed by atoms with Gasteiger partial charge in [0.15, 0.2) is 0 Å². The monoisotopic (exact) mass is 595 g/mol. The lowest BCUT2D eigenvalue weighted by atomic mass is 10.0. The predicted molar refractivity (Wildman–Crippen MR) is 151 cm³/mol. The van der Waals surface area contributed by atoms with Gasteiger partial charge in [-0.2, -0.15) is 0 Å². The number of rotatable bonds is 12. The van der Waals surface area contributed by atoms with Gasteiger partial charge < -0.3 is 29.0 Å². The predicted octanol–water partition coefficient (Wildman–Crippen LogP) is 5.10. The molecule has 12 heteroatoms. The molecule has 0 aliphatic carbocycles. The molecule has 1 amide bonds. The molecule has 42 heavy (non-hydrogen) atoms. The molecular formula is C30H29NO10S. The molecule has 0 unspecified atom stereocenters. The number of alkyl carbamates (subject to hydrolysis) is 1. The molecule has 0 fully saturated rings. The molecular weight excluding hydrogens is 566 g/mol. The van der Waals surface area contributed by atoms with E-state index < -0.39 is 53.7 Å². The molecule has 11 nitrogen and oxygen atoms in total. The molecule has 220 valence electrons. The Bertz CT molecular complexity index is 1350. The molecule has 0 spiro atoms. The van der Waals surface area contributed by atoms with Crippen molar-refractivity contribution in [1.29, 1.82) is 0 Å². The molecule has 0 saturated heterocycles. The van der Waals surface area contributed by atoms with Gasteiger partial charge in [0, 0.05) is 0 Å². The van der Waals surface area contributed by atoms with Crippen molar-refractivity contribution < 1.29 is 47.7 Å². The summed E-state index contributed by atoms with van der Waals surface area (Å²) in [5.41, 5.74) is 1.24. The van der Waals surface area contributed by atoms with E-state index in [2.05, 4.69) is 5.32 Å². The van der Waals surface area contributed by atoms with E-state index in [0.717, 1.165) is 0 Å². The van der Waals surface area contributed by atoms with E-state index in [4.69, 9.17) is 23.7 Å². The highest BCUT2D eigenvalue weighted by atomic mass is 32.2. The summed E-state index contributed by atoms with van der Waals surface area (Å²) in [5, 5.41) is 1.49. The zero-order valence-electron chi connectivity index (χ0n) is 22.8. The van der Waals surface area contributed by atoms with Crippen molar-refractivity contribution in [2.45, 2.75) is 31.2 Å². The average Bonchev–Trinajstić information content (AvgIpc) is 2.99. The van der Waals surface area contributed by atoms with E-state index in [9.17, 15) is 24.0 Å². The van der Waals surface area contributed by atoms with Crippen LogP contribution >= 0.6 is 11.8 Å². The molecule has 3 aromatic carbocycles. The molecule has 0 aliphatic heterocycles. The maximum Gasteiger partial charge on any atom is 0.410 e. The second-order valence-electron chi connectivity index (χ2n) is 9.03. The highest BCUT2D eigenvalue weighted by Gasteiger charge is 2.41. The van der Waals surface area contributed by atoms with E-state index in [0.29, 0.717) is 17.3 Å². The topological polar surface area (TPSA) is 144 Å². The van der Waals surface area contributed by atoms with E-state index in [1.54, 1.807) is 78.9 Å². The van der Waals surface area contributed by atoms with Gasteiger partial charge >= 0.3 is 29.3 Å². The first kappa shape index (κ1) is 31.7. The number of hydrogen-bond donors (Lipinski definition) is 1. The second kappa shape index (κ2) is 15.8. The van der Waals surface area contributed by atoms with Gasteiger partial charge in [0.05, 0.1) is 15.9 Å². The Balaban J connectivity index is 1.58. The van der Waals surface area contributed by atoms with Crippen LogP contribution in [0.3, 0.4) is 0 Å². The smallest absolute Gasteiger partial charge is 0.410 e. The third-order valence-corrected chi connectivity index (χ3v) is 6.58. The summed E-state index contributed by atoms with van der Waals surface area (Å²) in [4.78, 5) is 62.3. The van der Waals surface area contributed by atoms with Crippen LogP contribution < -0.4 is 5.32 Å². The van der Waals surface area contributed by atoms with Crippen molar-refractivity contribution in [3.63, 3.8) is 0 Å². The Labute approximate surface area is 246 Å². The summed E-state index contributed by atoms with van der Waals surface area (Å²) in [6, 6.07) is 23.6. The summed E-state index contributed by atoms with van der Waals surface area (Å²) in [5.74, 6) is -2.26. The van der Waals surface area contributed by atoms with E-state index in [1.165, 1.54) is 26.0 Å². The van der Waals surface area contributed by atoms with Gasteiger partial charge in [0.25, 0.3) is 0 Å². The molecule has 3 rings (SSSR count).